The van der Waals surface area contributed by atoms with Crippen LogP contribution in [0.4, 0.5) is 29.5 Å². The van der Waals surface area contributed by atoms with Crippen LogP contribution in [0, 0.1) is 10.1 Å². The van der Waals surface area contributed by atoms with E-state index in [1.807, 2.05) is 0 Å². The van der Waals surface area contributed by atoms with E-state index < -0.39 is 40.2 Å². The van der Waals surface area contributed by atoms with Crippen LogP contribution in [0.5, 0.6) is 5.75 Å². The molecule has 128 valence electrons. The fourth-order valence-corrected chi connectivity index (χ4v) is 1.43. The second kappa shape index (κ2) is 6.26. The minimum absolute atomic E-state index is 0.473. The molecule has 0 aliphatic carbocycles. The molecular formula is C12H14F3N3O5. The van der Waals surface area contributed by atoms with Crippen molar-refractivity contribution in [3.05, 3.63) is 22.4 Å². The van der Waals surface area contributed by atoms with Crippen molar-refractivity contribution in [1.82, 2.24) is 4.98 Å². The standard InChI is InChI=1S/C12H14F3N3O5/c1-11(2,3)23-10(19)17(4)9-8(18(20)21)5-7(6-16-9)22-12(13,14)15/h5-6H,1-4H3. The third-order valence-electron chi connectivity index (χ3n) is 2.24. The van der Waals surface area contributed by atoms with E-state index >= 15 is 0 Å². The number of amides is 1. The van der Waals surface area contributed by atoms with E-state index in [1.165, 1.54) is 0 Å². The van der Waals surface area contributed by atoms with Crippen LogP contribution in [-0.4, -0.2) is 35.0 Å². The molecule has 0 aliphatic heterocycles. The van der Waals surface area contributed by atoms with Crippen molar-refractivity contribution >= 4 is 17.6 Å². The molecule has 1 rings (SSSR count). The summed E-state index contributed by atoms with van der Waals surface area (Å²) in [5.41, 5.74) is -1.69. The topological polar surface area (TPSA) is 94.8 Å². The van der Waals surface area contributed by atoms with Gasteiger partial charge in [-0.2, -0.15) is 0 Å². The predicted molar refractivity (Wildman–Crippen MR) is 72.2 cm³/mol. The van der Waals surface area contributed by atoms with Crippen molar-refractivity contribution in [2.75, 3.05) is 11.9 Å². The van der Waals surface area contributed by atoms with E-state index in [4.69, 9.17) is 4.74 Å². The summed E-state index contributed by atoms with van der Waals surface area (Å²) in [4.78, 5) is 26.1. The SMILES string of the molecule is CN(C(=O)OC(C)(C)C)c1ncc(OC(F)(F)F)cc1[N+](=O)[O-]. The molecule has 23 heavy (non-hydrogen) atoms. The van der Waals surface area contributed by atoms with Crippen LogP contribution >= 0.6 is 0 Å². The van der Waals surface area contributed by atoms with Crippen molar-refractivity contribution in [2.45, 2.75) is 32.7 Å². The Morgan fingerprint density at radius 2 is 1.91 bits per heavy atom. The van der Waals surface area contributed by atoms with E-state index in [-0.39, 0.29) is 0 Å². The highest BCUT2D eigenvalue weighted by Gasteiger charge is 2.33. The highest BCUT2D eigenvalue weighted by Crippen LogP contribution is 2.32. The highest BCUT2D eigenvalue weighted by molar-refractivity contribution is 5.88. The van der Waals surface area contributed by atoms with E-state index in [0.717, 1.165) is 11.9 Å². The zero-order valence-electron chi connectivity index (χ0n) is 12.7. The monoisotopic (exact) mass is 337 g/mol. The van der Waals surface area contributed by atoms with Gasteiger partial charge in [0.1, 0.15) is 5.60 Å². The molecule has 1 heterocycles. The summed E-state index contributed by atoms with van der Waals surface area (Å²) in [6, 6.07) is 0.524. The summed E-state index contributed by atoms with van der Waals surface area (Å²) in [5.74, 6) is -1.34. The number of aromatic nitrogens is 1. The van der Waals surface area contributed by atoms with Gasteiger partial charge in [-0.25, -0.2) is 9.78 Å². The van der Waals surface area contributed by atoms with Crippen LogP contribution in [0.1, 0.15) is 20.8 Å². The van der Waals surface area contributed by atoms with Crippen molar-refractivity contribution in [3.8, 4) is 5.75 Å². The van der Waals surface area contributed by atoms with Crippen molar-refractivity contribution in [1.29, 1.82) is 0 Å². The largest absolute Gasteiger partial charge is 0.573 e. The molecule has 0 N–H and O–H groups in total. The fourth-order valence-electron chi connectivity index (χ4n) is 1.43. The maximum absolute atomic E-state index is 12.1. The van der Waals surface area contributed by atoms with Crippen LogP contribution in [0.3, 0.4) is 0 Å². The Kier molecular flexibility index (Phi) is 5.03. The zero-order valence-corrected chi connectivity index (χ0v) is 12.7. The Labute approximate surface area is 129 Å². The lowest BCUT2D eigenvalue weighted by atomic mass is 10.2. The molecule has 0 radical (unpaired) electrons. The summed E-state index contributed by atoms with van der Waals surface area (Å²) in [7, 11) is 1.15. The fraction of sp³-hybridized carbons (Fsp3) is 0.500. The molecule has 11 heteroatoms. The van der Waals surface area contributed by atoms with Gasteiger partial charge in [-0.05, 0) is 20.8 Å². The maximum Gasteiger partial charge on any atom is 0.573 e. The number of nitrogens with zero attached hydrogens (tertiary/aromatic N) is 3. The molecule has 0 saturated heterocycles. The van der Waals surface area contributed by atoms with Crippen LogP contribution in [0.25, 0.3) is 0 Å². The number of rotatable bonds is 3. The molecule has 1 aromatic rings. The molecule has 1 amide bonds. The number of carbonyl (C=O) groups is 1. The second-order valence-electron chi connectivity index (χ2n) is 5.36. The Bertz CT molecular complexity index is 613. The summed E-state index contributed by atoms with van der Waals surface area (Å²) in [6.07, 6.45) is -5.34. The summed E-state index contributed by atoms with van der Waals surface area (Å²) < 4.78 is 45.0. The number of anilines is 1. The van der Waals surface area contributed by atoms with Gasteiger partial charge in [-0.15, -0.1) is 13.2 Å². The first-order chi connectivity index (χ1) is 10.3. The van der Waals surface area contributed by atoms with Crippen LogP contribution in [-0.2, 0) is 4.74 Å². The van der Waals surface area contributed by atoms with E-state index in [1.54, 1.807) is 20.8 Å². The van der Waals surface area contributed by atoms with Crippen molar-refractivity contribution in [2.24, 2.45) is 0 Å². The quantitative estimate of drug-likeness (QED) is 0.620. The number of hydrogen-bond acceptors (Lipinski definition) is 6. The summed E-state index contributed by atoms with van der Waals surface area (Å²) in [5, 5.41) is 11.0. The molecular weight excluding hydrogens is 323 g/mol. The number of ether oxygens (including phenoxy) is 2. The first-order valence-corrected chi connectivity index (χ1v) is 6.17. The Morgan fingerprint density at radius 3 is 2.35 bits per heavy atom. The number of pyridine rings is 1. The maximum atomic E-state index is 12.1. The normalized spacial score (nSPS) is 11.8. The van der Waals surface area contributed by atoms with Gasteiger partial charge in [0.2, 0.25) is 5.82 Å². The van der Waals surface area contributed by atoms with Gasteiger partial charge in [-0.3, -0.25) is 15.0 Å². The lowest BCUT2D eigenvalue weighted by Gasteiger charge is -2.24. The number of hydrogen-bond donors (Lipinski definition) is 0. The van der Waals surface area contributed by atoms with Gasteiger partial charge in [-0.1, -0.05) is 0 Å². The minimum atomic E-state index is -5.02. The number of halogens is 3. The Hall–Kier alpha value is -2.59. The van der Waals surface area contributed by atoms with Crippen LogP contribution < -0.4 is 9.64 Å². The third-order valence-corrected chi connectivity index (χ3v) is 2.24. The number of nitro groups is 1. The van der Waals surface area contributed by atoms with Gasteiger partial charge < -0.3 is 9.47 Å². The summed E-state index contributed by atoms with van der Waals surface area (Å²) in [6.45, 7) is 4.75. The van der Waals surface area contributed by atoms with E-state index in [2.05, 4.69) is 9.72 Å². The first kappa shape index (κ1) is 18.5. The molecule has 8 nitrogen and oxygen atoms in total. The molecule has 0 saturated carbocycles. The second-order valence-corrected chi connectivity index (χ2v) is 5.36. The van der Waals surface area contributed by atoms with Gasteiger partial charge in [0.15, 0.2) is 5.75 Å². The molecule has 0 bridgehead atoms. The summed E-state index contributed by atoms with van der Waals surface area (Å²) >= 11 is 0. The van der Waals surface area contributed by atoms with Gasteiger partial charge in [0.05, 0.1) is 17.2 Å². The lowest BCUT2D eigenvalue weighted by molar-refractivity contribution is -0.384. The zero-order chi connectivity index (χ0) is 18.0. The van der Waals surface area contributed by atoms with Gasteiger partial charge in [0.25, 0.3) is 0 Å². The molecule has 0 fully saturated rings. The first-order valence-electron chi connectivity index (χ1n) is 6.17. The molecule has 0 atom stereocenters. The number of alkyl halides is 3. The van der Waals surface area contributed by atoms with Crippen LogP contribution in [0.2, 0.25) is 0 Å². The Morgan fingerprint density at radius 1 is 1.35 bits per heavy atom. The van der Waals surface area contributed by atoms with Crippen molar-refractivity contribution in [3.63, 3.8) is 0 Å². The molecule has 1 aromatic heterocycles. The lowest BCUT2D eigenvalue weighted by Crippen LogP contribution is -2.35. The average Bonchev–Trinajstić information content (AvgIpc) is 2.33. The minimum Gasteiger partial charge on any atom is -0.443 e. The molecule has 0 spiro atoms. The Balaban J connectivity index is 3.16. The van der Waals surface area contributed by atoms with Crippen LogP contribution in [0.15, 0.2) is 12.3 Å². The molecule has 0 unspecified atom stereocenters. The molecule has 0 aliphatic rings. The van der Waals surface area contributed by atoms with E-state index in [0.29, 0.717) is 12.3 Å². The third kappa shape index (κ3) is 5.60. The van der Waals surface area contributed by atoms with Gasteiger partial charge >= 0.3 is 18.1 Å². The molecule has 0 aromatic carbocycles. The number of carbonyl (C=O) groups excluding carboxylic acids is 1. The van der Waals surface area contributed by atoms with Gasteiger partial charge in [0, 0.05) is 7.05 Å². The van der Waals surface area contributed by atoms with E-state index in [9.17, 15) is 28.1 Å². The predicted octanol–water partition coefficient (Wildman–Crippen LogP) is 3.26. The smallest absolute Gasteiger partial charge is 0.443 e. The highest BCUT2D eigenvalue weighted by atomic mass is 19.4. The van der Waals surface area contributed by atoms with Crippen molar-refractivity contribution < 1.29 is 32.4 Å². The average molecular weight is 337 g/mol.